The fourth-order valence-corrected chi connectivity index (χ4v) is 4.08. The van der Waals surface area contributed by atoms with Crippen LogP contribution in [-0.2, 0) is 16.1 Å². The Morgan fingerprint density at radius 2 is 1.79 bits per heavy atom. The maximum absolute atomic E-state index is 12.4. The third-order valence-electron chi connectivity index (χ3n) is 5.67. The molecule has 0 aromatic heterocycles. The van der Waals surface area contributed by atoms with Crippen molar-refractivity contribution in [2.45, 2.75) is 25.5 Å². The van der Waals surface area contributed by atoms with Crippen LogP contribution in [0.2, 0.25) is 0 Å². The van der Waals surface area contributed by atoms with E-state index in [2.05, 4.69) is 52.7 Å². The highest BCUT2D eigenvalue weighted by Crippen LogP contribution is 2.20. The Labute approximate surface area is 185 Å². The average molecular weight is 440 g/mol. The zero-order valence-electron chi connectivity index (χ0n) is 16.7. The molecular formula is C22H31Cl2N3O2. The maximum Gasteiger partial charge on any atom is 0.236 e. The van der Waals surface area contributed by atoms with E-state index in [1.54, 1.807) is 0 Å². The van der Waals surface area contributed by atoms with Crippen LogP contribution in [0.25, 0.3) is 10.8 Å². The van der Waals surface area contributed by atoms with Crippen LogP contribution in [-0.4, -0.2) is 67.7 Å². The van der Waals surface area contributed by atoms with E-state index >= 15 is 0 Å². The molecular weight excluding hydrogens is 409 g/mol. The molecule has 0 saturated carbocycles. The smallest absolute Gasteiger partial charge is 0.236 e. The van der Waals surface area contributed by atoms with Gasteiger partial charge in [-0.1, -0.05) is 42.5 Å². The number of hydrogen-bond donors (Lipinski definition) is 1. The van der Waals surface area contributed by atoms with Gasteiger partial charge in [0.1, 0.15) is 0 Å². The Balaban J connectivity index is 0.00000150. The average Bonchev–Trinajstić information content (AvgIpc) is 3.22. The Morgan fingerprint density at radius 1 is 1.03 bits per heavy atom. The molecule has 1 N–H and O–H groups in total. The molecule has 1 atom stereocenters. The zero-order valence-corrected chi connectivity index (χ0v) is 18.4. The number of amides is 1. The first kappa shape index (κ1) is 23.9. The summed E-state index contributed by atoms with van der Waals surface area (Å²) in [5, 5.41) is 5.89. The summed E-state index contributed by atoms with van der Waals surface area (Å²) in [5.74, 6) is 0.206. The number of benzene rings is 2. The van der Waals surface area contributed by atoms with Crippen molar-refractivity contribution in [2.75, 3.05) is 45.9 Å². The van der Waals surface area contributed by atoms with E-state index in [-0.39, 0.29) is 36.8 Å². The molecule has 7 heteroatoms. The fraction of sp³-hybridized carbons (Fsp3) is 0.500. The van der Waals surface area contributed by atoms with Gasteiger partial charge in [0.15, 0.2) is 0 Å². The van der Waals surface area contributed by atoms with Crippen molar-refractivity contribution in [2.24, 2.45) is 0 Å². The van der Waals surface area contributed by atoms with Crippen molar-refractivity contribution in [3.8, 4) is 0 Å². The second-order valence-corrected chi connectivity index (χ2v) is 7.56. The number of carbonyl (C=O) groups excluding carboxylic acids is 1. The van der Waals surface area contributed by atoms with Gasteiger partial charge in [0, 0.05) is 45.9 Å². The molecule has 0 spiro atoms. The van der Waals surface area contributed by atoms with Crippen LogP contribution in [0.4, 0.5) is 0 Å². The Hall–Kier alpha value is -1.37. The molecule has 1 unspecified atom stereocenters. The minimum absolute atomic E-state index is 0. The third-order valence-corrected chi connectivity index (χ3v) is 5.67. The summed E-state index contributed by atoms with van der Waals surface area (Å²) in [5.41, 5.74) is 1.37. The first-order chi connectivity index (χ1) is 13.3. The summed E-state index contributed by atoms with van der Waals surface area (Å²) in [4.78, 5) is 16.9. The van der Waals surface area contributed by atoms with Crippen LogP contribution in [0.15, 0.2) is 42.5 Å². The van der Waals surface area contributed by atoms with Crippen LogP contribution in [0.1, 0.15) is 18.4 Å². The number of nitrogens with one attached hydrogen (secondary N) is 1. The second kappa shape index (κ2) is 11.7. The largest absolute Gasteiger partial charge is 0.377 e. The van der Waals surface area contributed by atoms with Gasteiger partial charge < -0.3 is 15.0 Å². The molecule has 2 saturated heterocycles. The minimum atomic E-state index is 0. The lowest BCUT2D eigenvalue weighted by Crippen LogP contribution is -2.50. The van der Waals surface area contributed by atoms with Crippen LogP contribution < -0.4 is 5.32 Å². The third kappa shape index (κ3) is 6.30. The number of piperazine rings is 1. The quantitative estimate of drug-likeness (QED) is 0.750. The summed E-state index contributed by atoms with van der Waals surface area (Å²) in [6.45, 7) is 6.49. The van der Waals surface area contributed by atoms with Gasteiger partial charge in [0.2, 0.25) is 5.91 Å². The van der Waals surface area contributed by atoms with Crippen molar-refractivity contribution < 1.29 is 9.53 Å². The minimum Gasteiger partial charge on any atom is -0.377 e. The standard InChI is InChI=1S/C22H29N3O2.2ClH/c26-22(16-23-15-20-8-4-14-27-20)25-12-10-24(11-13-25)17-19-7-3-6-18-5-1-2-9-21(18)19;;/h1-3,5-7,9,20,23H,4,8,10-17H2;2*1H. The molecule has 1 amide bonds. The zero-order chi connectivity index (χ0) is 18.5. The molecule has 0 aliphatic carbocycles. The Morgan fingerprint density at radius 3 is 2.55 bits per heavy atom. The highest BCUT2D eigenvalue weighted by atomic mass is 35.5. The van der Waals surface area contributed by atoms with Crippen LogP contribution in [0.5, 0.6) is 0 Å². The molecule has 0 bridgehead atoms. The molecule has 2 aliphatic heterocycles. The summed E-state index contributed by atoms with van der Waals surface area (Å²) < 4.78 is 5.59. The van der Waals surface area contributed by atoms with Crippen molar-refractivity contribution >= 4 is 41.5 Å². The highest BCUT2D eigenvalue weighted by molar-refractivity contribution is 5.86. The topological polar surface area (TPSA) is 44.8 Å². The number of carbonyl (C=O) groups is 1. The molecule has 160 valence electrons. The number of rotatable bonds is 6. The van der Waals surface area contributed by atoms with Gasteiger partial charge in [0.05, 0.1) is 12.6 Å². The Kier molecular flexibility index (Phi) is 9.66. The molecule has 0 radical (unpaired) electrons. The fourth-order valence-electron chi connectivity index (χ4n) is 4.08. The number of nitrogens with zero attached hydrogens (tertiary/aromatic N) is 2. The number of halogens is 2. The lowest BCUT2D eigenvalue weighted by atomic mass is 10.0. The SMILES string of the molecule is Cl.Cl.O=C(CNCC1CCCO1)N1CCN(Cc2cccc3ccccc23)CC1. The summed E-state index contributed by atoms with van der Waals surface area (Å²) in [7, 11) is 0. The van der Waals surface area contributed by atoms with E-state index in [9.17, 15) is 4.79 Å². The van der Waals surface area contributed by atoms with E-state index in [0.717, 1.165) is 58.7 Å². The van der Waals surface area contributed by atoms with Gasteiger partial charge in [-0.25, -0.2) is 0 Å². The van der Waals surface area contributed by atoms with E-state index in [4.69, 9.17) is 4.74 Å². The molecule has 4 rings (SSSR count). The predicted octanol–water partition coefficient (Wildman–Crippen LogP) is 3.10. The molecule has 2 heterocycles. The molecule has 2 aliphatic rings. The van der Waals surface area contributed by atoms with Crippen molar-refractivity contribution in [3.63, 3.8) is 0 Å². The van der Waals surface area contributed by atoms with E-state index < -0.39 is 0 Å². The molecule has 29 heavy (non-hydrogen) atoms. The summed E-state index contributed by atoms with van der Waals surface area (Å²) >= 11 is 0. The Bertz CT molecular complexity index is 770. The molecule has 2 fully saturated rings. The van der Waals surface area contributed by atoms with Gasteiger partial charge >= 0.3 is 0 Å². The van der Waals surface area contributed by atoms with Crippen LogP contribution >= 0.6 is 24.8 Å². The number of ether oxygens (including phenoxy) is 1. The van der Waals surface area contributed by atoms with E-state index in [0.29, 0.717) is 6.54 Å². The monoisotopic (exact) mass is 439 g/mol. The normalized spacial score (nSPS) is 19.6. The lowest BCUT2D eigenvalue weighted by molar-refractivity contribution is -0.132. The molecule has 5 nitrogen and oxygen atoms in total. The van der Waals surface area contributed by atoms with Gasteiger partial charge in [0.25, 0.3) is 0 Å². The van der Waals surface area contributed by atoms with E-state index in [1.807, 2.05) is 4.90 Å². The summed E-state index contributed by atoms with van der Waals surface area (Å²) in [6, 6.07) is 15.1. The highest BCUT2D eigenvalue weighted by Gasteiger charge is 2.22. The van der Waals surface area contributed by atoms with Crippen molar-refractivity contribution in [3.05, 3.63) is 48.0 Å². The first-order valence-electron chi connectivity index (χ1n) is 10.1. The van der Waals surface area contributed by atoms with Gasteiger partial charge in [-0.05, 0) is 29.2 Å². The van der Waals surface area contributed by atoms with Gasteiger partial charge in [-0.2, -0.15) is 0 Å². The summed E-state index contributed by atoms with van der Waals surface area (Å²) in [6.07, 6.45) is 2.53. The maximum atomic E-state index is 12.4. The lowest BCUT2D eigenvalue weighted by Gasteiger charge is -2.35. The van der Waals surface area contributed by atoms with Gasteiger partial charge in [-0.15, -0.1) is 24.8 Å². The second-order valence-electron chi connectivity index (χ2n) is 7.56. The van der Waals surface area contributed by atoms with E-state index in [1.165, 1.54) is 16.3 Å². The first-order valence-corrected chi connectivity index (χ1v) is 10.1. The van der Waals surface area contributed by atoms with Crippen molar-refractivity contribution in [1.29, 1.82) is 0 Å². The van der Waals surface area contributed by atoms with Gasteiger partial charge in [-0.3, -0.25) is 9.69 Å². The number of fused-ring (bicyclic) bond motifs is 1. The molecule has 2 aromatic carbocycles. The molecule has 2 aromatic rings. The van der Waals surface area contributed by atoms with Crippen molar-refractivity contribution in [1.82, 2.24) is 15.1 Å². The number of hydrogen-bond acceptors (Lipinski definition) is 4. The van der Waals surface area contributed by atoms with Crippen LogP contribution in [0.3, 0.4) is 0 Å². The predicted molar refractivity (Wildman–Crippen MR) is 122 cm³/mol. The van der Waals surface area contributed by atoms with Crippen LogP contribution in [0, 0.1) is 0 Å².